The highest BCUT2D eigenvalue weighted by Crippen LogP contribution is 2.28. The quantitative estimate of drug-likeness (QED) is 0.594. The van der Waals surface area contributed by atoms with Crippen molar-refractivity contribution in [3.63, 3.8) is 0 Å². The Labute approximate surface area is 138 Å². The molecule has 1 aromatic carbocycles. The van der Waals surface area contributed by atoms with Gasteiger partial charge in [-0.1, -0.05) is 43.0 Å². The summed E-state index contributed by atoms with van der Waals surface area (Å²) in [5, 5.41) is 0. The minimum atomic E-state index is -4.71. The van der Waals surface area contributed by atoms with Crippen LogP contribution >= 0.6 is 0 Å². The first-order chi connectivity index (χ1) is 11.3. The summed E-state index contributed by atoms with van der Waals surface area (Å²) in [6.45, 7) is 6.29. The van der Waals surface area contributed by atoms with Crippen molar-refractivity contribution in [2.45, 2.75) is 19.8 Å². The molecular weight excluding hydrogens is 319 g/mol. The maximum Gasteiger partial charge on any atom is 0.573 e. The fraction of sp³-hybridized carbons (Fsp3) is 0.278. The van der Waals surface area contributed by atoms with Crippen molar-refractivity contribution in [1.82, 2.24) is 4.90 Å². The molecule has 128 valence electrons. The zero-order valence-corrected chi connectivity index (χ0v) is 13.2. The molecular formula is C18H18F3NO2. The molecule has 2 rings (SSSR count). The number of carbonyl (C=O) groups excluding carboxylic acids is 1. The van der Waals surface area contributed by atoms with Crippen LogP contribution < -0.4 is 4.74 Å². The van der Waals surface area contributed by atoms with Crippen LogP contribution in [0, 0.1) is 5.92 Å². The molecule has 1 atom stereocenters. The van der Waals surface area contributed by atoms with Gasteiger partial charge in [0.1, 0.15) is 5.75 Å². The van der Waals surface area contributed by atoms with Crippen LogP contribution in [0.5, 0.6) is 5.75 Å². The molecule has 1 aromatic rings. The molecule has 0 bridgehead atoms. The number of benzene rings is 1. The van der Waals surface area contributed by atoms with Crippen LogP contribution in [0.3, 0.4) is 0 Å². The number of nitrogens with zero attached hydrogens (tertiary/aromatic N) is 1. The minimum Gasteiger partial charge on any atom is -0.406 e. The Bertz CT molecular complexity index is 660. The Hall–Kier alpha value is -2.50. The normalized spacial score (nSPS) is 20.2. The number of hydrogen-bond donors (Lipinski definition) is 0. The van der Waals surface area contributed by atoms with Crippen LogP contribution in [0.4, 0.5) is 13.2 Å². The Morgan fingerprint density at radius 2 is 2.00 bits per heavy atom. The van der Waals surface area contributed by atoms with Gasteiger partial charge in [-0.3, -0.25) is 4.79 Å². The van der Waals surface area contributed by atoms with E-state index in [9.17, 15) is 18.0 Å². The van der Waals surface area contributed by atoms with E-state index in [1.807, 2.05) is 13.0 Å². The molecule has 1 aliphatic heterocycles. The fourth-order valence-corrected chi connectivity index (χ4v) is 2.63. The average Bonchev–Trinajstić information content (AvgIpc) is 2.81. The second kappa shape index (κ2) is 7.38. The minimum absolute atomic E-state index is 0.00617. The molecule has 0 saturated carbocycles. The van der Waals surface area contributed by atoms with Gasteiger partial charge in [-0.15, -0.1) is 13.2 Å². The lowest BCUT2D eigenvalue weighted by atomic mass is 10.0. The molecule has 0 spiro atoms. The van der Waals surface area contributed by atoms with E-state index in [1.165, 1.54) is 24.3 Å². The zero-order valence-electron chi connectivity index (χ0n) is 13.2. The summed E-state index contributed by atoms with van der Waals surface area (Å²) in [7, 11) is 0. The monoisotopic (exact) mass is 337 g/mol. The first-order valence-corrected chi connectivity index (χ1v) is 7.43. The molecule has 0 aromatic heterocycles. The van der Waals surface area contributed by atoms with E-state index in [2.05, 4.69) is 11.3 Å². The van der Waals surface area contributed by atoms with Gasteiger partial charge in [-0.05, 0) is 24.6 Å². The van der Waals surface area contributed by atoms with Gasteiger partial charge in [-0.2, -0.15) is 0 Å². The summed E-state index contributed by atoms with van der Waals surface area (Å²) in [6, 6.07) is 5.54. The molecule has 1 amide bonds. The number of likely N-dealkylation sites (tertiary alicyclic amines) is 1. The third-order valence-electron chi connectivity index (χ3n) is 3.67. The van der Waals surface area contributed by atoms with Gasteiger partial charge < -0.3 is 9.64 Å². The number of alkyl halides is 3. The van der Waals surface area contributed by atoms with Gasteiger partial charge >= 0.3 is 6.36 Å². The Morgan fingerprint density at radius 3 is 2.54 bits per heavy atom. The predicted molar refractivity (Wildman–Crippen MR) is 85.1 cm³/mol. The maximum absolute atomic E-state index is 12.4. The molecule has 1 fully saturated rings. The van der Waals surface area contributed by atoms with Gasteiger partial charge in [0.25, 0.3) is 0 Å². The Balaban J connectivity index is 2.07. The molecule has 0 N–H and O–H groups in total. The van der Waals surface area contributed by atoms with E-state index < -0.39 is 6.36 Å². The summed E-state index contributed by atoms with van der Waals surface area (Å²) < 4.78 is 40.3. The number of halogens is 3. The molecule has 0 aliphatic carbocycles. The molecule has 1 saturated heterocycles. The fourth-order valence-electron chi connectivity index (χ4n) is 2.63. The van der Waals surface area contributed by atoms with Crippen molar-refractivity contribution in [2.24, 2.45) is 5.92 Å². The Morgan fingerprint density at radius 1 is 1.33 bits per heavy atom. The summed E-state index contributed by atoms with van der Waals surface area (Å²) in [4.78, 5) is 14.1. The predicted octanol–water partition coefficient (Wildman–Crippen LogP) is 4.23. The Kier molecular flexibility index (Phi) is 5.49. The van der Waals surface area contributed by atoms with Crippen LogP contribution in [-0.2, 0) is 11.3 Å². The largest absolute Gasteiger partial charge is 0.573 e. The highest BCUT2D eigenvalue weighted by molar-refractivity contribution is 5.96. The van der Waals surface area contributed by atoms with E-state index >= 15 is 0 Å². The number of allylic oxidation sites excluding steroid dienone is 3. The van der Waals surface area contributed by atoms with Crippen LogP contribution in [0.25, 0.3) is 0 Å². The van der Waals surface area contributed by atoms with Gasteiger partial charge in [0.15, 0.2) is 0 Å². The smallest absolute Gasteiger partial charge is 0.406 e. The lowest BCUT2D eigenvalue weighted by Crippen LogP contribution is -2.24. The SMILES string of the molecule is C=CC=CC1CN(Cc2ccc(OC(F)(F)F)cc2)C(=O)/C1=C\C. The van der Waals surface area contributed by atoms with Gasteiger partial charge in [0.2, 0.25) is 5.91 Å². The lowest BCUT2D eigenvalue weighted by Gasteiger charge is -2.16. The van der Waals surface area contributed by atoms with E-state index in [-0.39, 0.29) is 17.6 Å². The third-order valence-corrected chi connectivity index (χ3v) is 3.67. The second-order valence-electron chi connectivity index (χ2n) is 5.35. The van der Waals surface area contributed by atoms with Crippen molar-refractivity contribution in [1.29, 1.82) is 0 Å². The number of rotatable bonds is 5. The van der Waals surface area contributed by atoms with E-state index in [4.69, 9.17) is 0 Å². The zero-order chi connectivity index (χ0) is 17.7. The summed E-state index contributed by atoms with van der Waals surface area (Å²) in [6.07, 6.45) is 2.45. The van der Waals surface area contributed by atoms with Crippen LogP contribution in [0.1, 0.15) is 12.5 Å². The molecule has 1 aliphatic rings. The topological polar surface area (TPSA) is 29.5 Å². The molecule has 1 heterocycles. The van der Waals surface area contributed by atoms with Crippen LogP contribution in [-0.4, -0.2) is 23.7 Å². The first kappa shape index (κ1) is 17.8. The lowest BCUT2D eigenvalue weighted by molar-refractivity contribution is -0.274. The van der Waals surface area contributed by atoms with Gasteiger partial charge in [0.05, 0.1) is 0 Å². The number of hydrogen-bond acceptors (Lipinski definition) is 2. The number of carbonyl (C=O) groups is 1. The molecule has 0 radical (unpaired) electrons. The molecule has 3 nitrogen and oxygen atoms in total. The van der Waals surface area contributed by atoms with Crippen molar-refractivity contribution >= 4 is 5.91 Å². The van der Waals surface area contributed by atoms with Crippen LogP contribution in [0.15, 0.2) is 60.7 Å². The second-order valence-corrected chi connectivity index (χ2v) is 5.35. The standard InChI is InChI=1S/C18H18F3NO2/c1-3-5-6-14-12-22(17(23)16(14)4-2)11-13-7-9-15(10-8-13)24-18(19,20)21/h3-10,14H,1,11-12H2,2H3/b6-5?,16-4-. The maximum atomic E-state index is 12.4. The number of amides is 1. The average molecular weight is 337 g/mol. The summed E-state index contributed by atoms with van der Waals surface area (Å²) in [5.41, 5.74) is 1.45. The van der Waals surface area contributed by atoms with E-state index in [0.717, 1.165) is 5.56 Å². The summed E-state index contributed by atoms with van der Waals surface area (Å²) in [5.74, 6) is -0.347. The third kappa shape index (κ3) is 4.50. The van der Waals surface area contributed by atoms with Gasteiger partial charge in [0, 0.05) is 24.6 Å². The first-order valence-electron chi connectivity index (χ1n) is 7.43. The molecule has 1 unspecified atom stereocenters. The van der Waals surface area contributed by atoms with Crippen molar-refractivity contribution in [2.75, 3.05) is 6.54 Å². The van der Waals surface area contributed by atoms with Crippen molar-refractivity contribution in [3.05, 3.63) is 66.3 Å². The van der Waals surface area contributed by atoms with Crippen molar-refractivity contribution in [3.8, 4) is 5.75 Å². The highest BCUT2D eigenvalue weighted by Gasteiger charge is 2.33. The molecule has 24 heavy (non-hydrogen) atoms. The van der Waals surface area contributed by atoms with Crippen molar-refractivity contribution < 1.29 is 22.7 Å². The van der Waals surface area contributed by atoms with Gasteiger partial charge in [-0.25, -0.2) is 0 Å². The molecule has 6 heteroatoms. The summed E-state index contributed by atoms with van der Waals surface area (Å²) >= 11 is 0. The number of ether oxygens (including phenoxy) is 1. The van der Waals surface area contributed by atoms with E-state index in [0.29, 0.717) is 18.7 Å². The van der Waals surface area contributed by atoms with E-state index in [1.54, 1.807) is 23.1 Å². The van der Waals surface area contributed by atoms with Crippen LogP contribution in [0.2, 0.25) is 0 Å². The highest BCUT2D eigenvalue weighted by atomic mass is 19.4.